The van der Waals surface area contributed by atoms with Gasteiger partial charge in [-0.15, -0.1) is 0 Å². The van der Waals surface area contributed by atoms with E-state index in [0.29, 0.717) is 5.17 Å². The lowest BCUT2D eigenvalue weighted by molar-refractivity contribution is -0.118. The molecule has 1 atom stereocenters. The molecule has 3 nitrogen and oxygen atoms in total. The maximum Gasteiger partial charge on any atom is 0.239 e. The molecule has 1 N–H and O–H groups in total. The van der Waals surface area contributed by atoms with E-state index in [9.17, 15) is 4.79 Å². The second kappa shape index (κ2) is 5.01. The molecule has 5 heteroatoms. The Morgan fingerprint density at radius 2 is 2.25 bits per heavy atom. The number of carbonyl (C=O) groups is 1. The van der Waals surface area contributed by atoms with Crippen LogP contribution in [0.25, 0.3) is 0 Å². The number of para-hydroxylation sites is 1. The van der Waals surface area contributed by atoms with Gasteiger partial charge in [-0.2, -0.15) is 0 Å². The number of benzene rings is 1. The van der Waals surface area contributed by atoms with E-state index in [0.717, 1.165) is 16.6 Å². The molecule has 0 saturated carbocycles. The van der Waals surface area contributed by atoms with Gasteiger partial charge in [0.25, 0.3) is 0 Å². The average molecular weight is 299 g/mol. The number of thioether (sulfide) groups is 1. The first-order valence-corrected chi connectivity index (χ1v) is 6.68. The fraction of sp³-hybridized carbons (Fsp3) is 0.273. The van der Waals surface area contributed by atoms with Gasteiger partial charge in [-0.05, 0) is 34.5 Å². The zero-order chi connectivity index (χ0) is 11.5. The standard InChI is InChI=1S/C11H11BrN2OS/c1-2-9-10(15)14-11(16-9)13-8-6-4-3-5-7(8)12/h3-6,9H,2H2,1H3,(H,13,14,15). The van der Waals surface area contributed by atoms with E-state index in [1.807, 2.05) is 31.2 Å². The van der Waals surface area contributed by atoms with Crippen molar-refractivity contribution in [2.24, 2.45) is 4.99 Å². The van der Waals surface area contributed by atoms with Crippen molar-refractivity contribution in [3.05, 3.63) is 28.7 Å². The molecule has 84 valence electrons. The van der Waals surface area contributed by atoms with Gasteiger partial charge in [0, 0.05) is 4.47 Å². The molecule has 1 unspecified atom stereocenters. The topological polar surface area (TPSA) is 41.5 Å². The summed E-state index contributed by atoms with van der Waals surface area (Å²) >= 11 is 4.91. The van der Waals surface area contributed by atoms with Gasteiger partial charge < -0.3 is 5.32 Å². The van der Waals surface area contributed by atoms with Crippen LogP contribution in [0.2, 0.25) is 0 Å². The first-order valence-electron chi connectivity index (χ1n) is 5.01. The van der Waals surface area contributed by atoms with Crippen LogP contribution >= 0.6 is 27.7 Å². The minimum atomic E-state index is 0.00115. The lowest BCUT2D eigenvalue weighted by atomic mass is 10.3. The van der Waals surface area contributed by atoms with E-state index >= 15 is 0 Å². The fourth-order valence-corrected chi connectivity index (χ4v) is 2.66. The molecule has 16 heavy (non-hydrogen) atoms. The van der Waals surface area contributed by atoms with E-state index in [-0.39, 0.29) is 11.2 Å². The summed E-state index contributed by atoms with van der Waals surface area (Å²) in [5, 5.41) is 3.47. The lowest BCUT2D eigenvalue weighted by Crippen LogP contribution is -2.24. The van der Waals surface area contributed by atoms with E-state index in [4.69, 9.17) is 0 Å². The largest absolute Gasteiger partial charge is 0.304 e. The molecule has 1 saturated heterocycles. The van der Waals surface area contributed by atoms with Crippen molar-refractivity contribution in [3.8, 4) is 0 Å². The summed E-state index contributed by atoms with van der Waals surface area (Å²) in [5.74, 6) is 0.0540. The SMILES string of the molecule is CCC1SC(=Nc2ccccc2Br)NC1=O. The van der Waals surface area contributed by atoms with Crippen LogP contribution in [0.3, 0.4) is 0 Å². The number of hydrogen-bond donors (Lipinski definition) is 1. The van der Waals surface area contributed by atoms with Gasteiger partial charge in [0.05, 0.1) is 10.9 Å². The summed E-state index contributed by atoms with van der Waals surface area (Å²) in [5.41, 5.74) is 0.835. The molecule has 2 rings (SSSR count). The zero-order valence-electron chi connectivity index (χ0n) is 8.74. The molecule has 1 aromatic rings. The first kappa shape index (κ1) is 11.7. The first-order chi connectivity index (χ1) is 7.70. The molecule has 0 aliphatic carbocycles. The molecule has 0 bridgehead atoms. The van der Waals surface area contributed by atoms with Crippen molar-refractivity contribution in [3.63, 3.8) is 0 Å². The average Bonchev–Trinajstić information content (AvgIpc) is 2.62. The van der Waals surface area contributed by atoms with E-state index in [1.54, 1.807) is 0 Å². The molecule has 0 aromatic heterocycles. The third kappa shape index (κ3) is 2.47. The number of rotatable bonds is 2. The Morgan fingerprint density at radius 1 is 1.50 bits per heavy atom. The predicted octanol–water partition coefficient (Wildman–Crippen LogP) is 3.08. The number of nitrogens with one attached hydrogen (secondary N) is 1. The van der Waals surface area contributed by atoms with Gasteiger partial charge in [-0.1, -0.05) is 30.8 Å². The van der Waals surface area contributed by atoms with Crippen molar-refractivity contribution in [2.45, 2.75) is 18.6 Å². The Bertz CT molecular complexity index is 447. The van der Waals surface area contributed by atoms with Crippen molar-refractivity contribution in [1.29, 1.82) is 0 Å². The van der Waals surface area contributed by atoms with Crippen LogP contribution < -0.4 is 5.32 Å². The number of aliphatic imine (C=N–C) groups is 1. The van der Waals surface area contributed by atoms with Crippen molar-refractivity contribution < 1.29 is 4.79 Å². The zero-order valence-corrected chi connectivity index (χ0v) is 11.1. The Kier molecular flexibility index (Phi) is 3.66. The summed E-state index contributed by atoms with van der Waals surface area (Å²) in [6, 6.07) is 7.69. The number of amidine groups is 1. The summed E-state index contributed by atoms with van der Waals surface area (Å²) in [6.45, 7) is 2.00. The van der Waals surface area contributed by atoms with Gasteiger partial charge in [0.1, 0.15) is 0 Å². The van der Waals surface area contributed by atoms with Crippen LogP contribution in [0, 0.1) is 0 Å². The minimum absolute atomic E-state index is 0.00115. The van der Waals surface area contributed by atoms with Crippen LogP contribution in [-0.4, -0.2) is 16.3 Å². The summed E-state index contributed by atoms with van der Waals surface area (Å²) in [7, 11) is 0. The van der Waals surface area contributed by atoms with Crippen LogP contribution in [-0.2, 0) is 4.79 Å². The van der Waals surface area contributed by atoms with E-state index in [1.165, 1.54) is 11.8 Å². The highest BCUT2D eigenvalue weighted by Crippen LogP contribution is 2.28. The van der Waals surface area contributed by atoms with Crippen molar-refractivity contribution >= 4 is 44.5 Å². The fourth-order valence-electron chi connectivity index (χ4n) is 1.38. The number of hydrogen-bond acceptors (Lipinski definition) is 3. The number of halogens is 1. The molecule has 1 fully saturated rings. The van der Waals surface area contributed by atoms with Gasteiger partial charge in [-0.25, -0.2) is 4.99 Å². The smallest absolute Gasteiger partial charge is 0.239 e. The Morgan fingerprint density at radius 3 is 2.88 bits per heavy atom. The van der Waals surface area contributed by atoms with Crippen LogP contribution in [0.5, 0.6) is 0 Å². The molecule has 1 heterocycles. The van der Waals surface area contributed by atoms with Crippen LogP contribution in [0.4, 0.5) is 5.69 Å². The summed E-state index contributed by atoms with van der Waals surface area (Å²) < 4.78 is 0.928. The highest BCUT2D eigenvalue weighted by atomic mass is 79.9. The lowest BCUT2D eigenvalue weighted by Gasteiger charge is -1.99. The third-order valence-corrected chi connectivity index (χ3v) is 4.14. The number of nitrogens with zero attached hydrogens (tertiary/aromatic N) is 1. The molecule has 0 radical (unpaired) electrons. The second-order valence-electron chi connectivity index (χ2n) is 3.37. The summed E-state index contributed by atoms with van der Waals surface area (Å²) in [4.78, 5) is 15.9. The molecular formula is C11H11BrN2OS. The number of carbonyl (C=O) groups excluding carboxylic acids is 1. The molecule has 1 aliphatic heterocycles. The van der Waals surface area contributed by atoms with Gasteiger partial charge >= 0.3 is 0 Å². The predicted molar refractivity (Wildman–Crippen MR) is 71.0 cm³/mol. The second-order valence-corrected chi connectivity index (χ2v) is 5.42. The Balaban J connectivity index is 2.21. The van der Waals surface area contributed by atoms with Crippen LogP contribution in [0.15, 0.2) is 33.7 Å². The normalized spacial score (nSPS) is 22.5. The number of amides is 1. The molecule has 1 aliphatic rings. The minimum Gasteiger partial charge on any atom is -0.304 e. The molecule has 1 amide bonds. The highest BCUT2D eigenvalue weighted by Gasteiger charge is 2.28. The maximum absolute atomic E-state index is 11.5. The molecule has 1 aromatic carbocycles. The maximum atomic E-state index is 11.5. The van der Waals surface area contributed by atoms with E-state index in [2.05, 4.69) is 26.2 Å². The Hall–Kier alpha value is -0.810. The quantitative estimate of drug-likeness (QED) is 0.912. The highest BCUT2D eigenvalue weighted by molar-refractivity contribution is 9.10. The summed E-state index contributed by atoms with van der Waals surface area (Å²) in [6.07, 6.45) is 0.825. The van der Waals surface area contributed by atoms with Gasteiger partial charge in [0.15, 0.2) is 5.17 Å². The third-order valence-electron chi connectivity index (χ3n) is 2.22. The van der Waals surface area contributed by atoms with Crippen LogP contribution in [0.1, 0.15) is 13.3 Å². The van der Waals surface area contributed by atoms with Gasteiger partial charge in [-0.3, -0.25) is 4.79 Å². The molecule has 0 spiro atoms. The van der Waals surface area contributed by atoms with Crippen molar-refractivity contribution in [1.82, 2.24) is 5.32 Å². The van der Waals surface area contributed by atoms with Gasteiger partial charge in [0.2, 0.25) is 5.91 Å². The van der Waals surface area contributed by atoms with Crippen molar-refractivity contribution in [2.75, 3.05) is 0 Å². The van der Waals surface area contributed by atoms with E-state index < -0.39 is 0 Å². The Labute approximate surface area is 107 Å². The monoisotopic (exact) mass is 298 g/mol. The molecular weight excluding hydrogens is 288 g/mol.